The van der Waals surface area contributed by atoms with Gasteiger partial charge in [0.1, 0.15) is 18.1 Å². The van der Waals surface area contributed by atoms with E-state index in [1.165, 1.54) is 6.92 Å². The highest BCUT2D eigenvalue weighted by molar-refractivity contribution is 5.94. The smallest absolute Gasteiger partial charge is 0.325 e. The number of carboxylic acid groups (broad SMARTS) is 2. The molecule has 0 saturated heterocycles. The second-order valence-corrected chi connectivity index (χ2v) is 8.20. The molecule has 0 aliphatic heterocycles. The van der Waals surface area contributed by atoms with Gasteiger partial charge in [-0.2, -0.15) is 0 Å². The van der Waals surface area contributed by atoms with Crippen molar-refractivity contribution < 1.29 is 34.2 Å². The molecule has 35 heavy (non-hydrogen) atoms. The van der Waals surface area contributed by atoms with Crippen LogP contribution in [0.2, 0.25) is 0 Å². The number of nitrogens with one attached hydrogen (secondary N) is 3. The van der Waals surface area contributed by atoms with Gasteiger partial charge in [-0.25, -0.2) is 0 Å². The fourth-order valence-electron chi connectivity index (χ4n) is 3.19. The molecule has 0 aromatic heterocycles. The van der Waals surface area contributed by atoms with E-state index in [2.05, 4.69) is 16.0 Å². The maximum absolute atomic E-state index is 13.0. The van der Waals surface area contributed by atoms with E-state index in [4.69, 9.17) is 21.7 Å². The molecule has 0 aliphatic carbocycles. The molecule has 0 bridgehead atoms. The third kappa shape index (κ3) is 11.5. The zero-order valence-corrected chi connectivity index (χ0v) is 19.7. The van der Waals surface area contributed by atoms with Crippen molar-refractivity contribution >= 4 is 29.7 Å². The lowest BCUT2D eigenvalue weighted by Crippen LogP contribution is -2.57. The normalized spacial score (nSPS) is 14.1. The van der Waals surface area contributed by atoms with Crippen LogP contribution in [-0.4, -0.2) is 70.6 Å². The van der Waals surface area contributed by atoms with E-state index in [-0.39, 0.29) is 19.3 Å². The van der Waals surface area contributed by atoms with E-state index < -0.39 is 60.2 Å². The van der Waals surface area contributed by atoms with E-state index in [1.54, 1.807) is 0 Å². The quantitative estimate of drug-likeness (QED) is 0.142. The second-order valence-electron chi connectivity index (χ2n) is 8.20. The van der Waals surface area contributed by atoms with Crippen LogP contribution >= 0.6 is 0 Å². The highest BCUT2D eigenvalue weighted by Gasteiger charge is 2.29. The molecule has 4 atom stereocenters. The molecule has 0 fully saturated rings. The summed E-state index contributed by atoms with van der Waals surface area (Å²) in [6.45, 7) is 1.62. The summed E-state index contributed by atoms with van der Waals surface area (Å²) in [7, 11) is 0. The highest BCUT2D eigenvalue weighted by Crippen LogP contribution is 2.07. The first-order valence-electron chi connectivity index (χ1n) is 11.4. The Labute approximate surface area is 203 Å². The average molecular weight is 494 g/mol. The van der Waals surface area contributed by atoms with Crippen LogP contribution in [0.4, 0.5) is 0 Å². The van der Waals surface area contributed by atoms with Gasteiger partial charge in [0.15, 0.2) is 0 Å². The van der Waals surface area contributed by atoms with E-state index >= 15 is 0 Å². The summed E-state index contributed by atoms with van der Waals surface area (Å²) in [5.74, 6) is -4.60. The number of carbonyl (C=O) groups is 5. The molecule has 0 spiro atoms. The number of nitrogens with two attached hydrogens (primary N) is 2. The monoisotopic (exact) mass is 493 g/mol. The standard InChI is InChI=1S/C23H35N5O7/c1-14(23(34)35)26-21(32)18(10-11-19(29)30)28-22(33)17(9-5-6-12-24)27-20(31)16(25)13-15-7-3-2-4-8-15/h2-4,7-8,14,16-18H,5-6,9-13,24-25H2,1H3,(H,26,32)(H,27,31)(H,28,33)(H,29,30)(H,34,35). The Morgan fingerprint density at radius 3 is 2.00 bits per heavy atom. The zero-order valence-electron chi connectivity index (χ0n) is 19.7. The van der Waals surface area contributed by atoms with Gasteiger partial charge in [0.25, 0.3) is 0 Å². The lowest BCUT2D eigenvalue weighted by molar-refractivity contribution is -0.142. The van der Waals surface area contributed by atoms with E-state index in [0.717, 1.165) is 5.56 Å². The summed E-state index contributed by atoms with van der Waals surface area (Å²) in [4.78, 5) is 60.2. The van der Waals surface area contributed by atoms with Gasteiger partial charge in [-0.1, -0.05) is 30.3 Å². The van der Waals surface area contributed by atoms with E-state index in [1.807, 2.05) is 30.3 Å². The van der Waals surface area contributed by atoms with Gasteiger partial charge in [-0.3, -0.25) is 24.0 Å². The molecular weight excluding hydrogens is 458 g/mol. The zero-order chi connectivity index (χ0) is 26.4. The minimum Gasteiger partial charge on any atom is -0.481 e. The Bertz CT molecular complexity index is 865. The molecule has 3 amide bonds. The molecule has 0 aliphatic rings. The SMILES string of the molecule is CC(NC(=O)C(CCC(=O)O)NC(=O)C(CCCCN)NC(=O)C(N)Cc1ccccc1)C(=O)O. The number of carboxylic acids is 2. The lowest BCUT2D eigenvalue weighted by Gasteiger charge is -2.24. The van der Waals surface area contributed by atoms with Crippen molar-refractivity contribution in [2.75, 3.05) is 6.54 Å². The second kappa shape index (κ2) is 15.4. The molecule has 1 aromatic carbocycles. The van der Waals surface area contributed by atoms with Crippen molar-refractivity contribution in [3.8, 4) is 0 Å². The largest absolute Gasteiger partial charge is 0.481 e. The van der Waals surface area contributed by atoms with Gasteiger partial charge in [0.2, 0.25) is 17.7 Å². The molecule has 9 N–H and O–H groups in total. The average Bonchev–Trinajstić information content (AvgIpc) is 2.81. The summed E-state index contributed by atoms with van der Waals surface area (Å²) in [5.41, 5.74) is 12.4. The molecule has 12 nitrogen and oxygen atoms in total. The van der Waals surface area contributed by atoms with Crippen LogP contribution in [-0.2, 0) is 30.4 Å². The molecule has 0 radical (unpaired) electrons. The number of hydrogen-bond acceptors (Lipinski definition) is 7. The Morgan fingerprint density at radius 2 is 1.43 bits per heavy atom. The van der Waals surface area contributed by atoms with Crippen molar-refractivity contribution in [2.45, 2.75) is 69.6 Å². The van der Waals surface area contributed by atoms with Crippen LogP contribution in [0.25, 0.3) is 0 Å². The first-order chi connectivity index (χ1) is 16.5. The Morgan fingerprint density at radius 1 is 0.857 bits per heavy atom. The number of benzene rings is 1. The van der Waals surface area contributed by atoms with Crippen molar-refractivity contribution in [1.29, 1.82) is 0 Å². The predicted molar refractivity (Wildman–Crippen MR) is 127 cm³/mol. The van der Waals surface area contributed by atoms with Gasteiger partial charge < -0.3 is 37.6 Å². The van der Waals surface area contributed by atoms with Crippen molar-refractivity contribution in [3.63, 3.8) is 0 Å². The molecule has 194 valence electrons. The Kier molecular flexibility index (Phi) is 13.0. The van der Waals surface area contributed by atoms with E-state index in [0.29, 0.717) is 19.4 Å². The third-order valence-corrected chi connectivity index (χ3v) is 5.22. The highest BCUT2D eigenvalue weighted by atomic mass is 16.4. The fraction of sp³-hybridized carbons (Fsp3) is 0.522. The molecule has 0 heterocycles. The number of carbonyl (C=O) groups excluding carboxylic acids is 3. The third-order valence-electron chi connectivity index (χ3n) is 5.22. The summed E-state index contributed by atoms with van der Waals surface area (Å²) >= 11 is 0. The maximum Gasteiger partial charge on any atom is 0.325 e. The number of rotatable bonds is 16. The number of amides is 3. The Hall–Kier alpha value is -3.51. The molecule has 1 aromatic rings. The van der Waals surface area contributed by atoms with Crippen molar-refractivity contribution in [3.05, 3.63) is 35.9 Å². The van der Waals surface area contributed by atoms with Crippen LogP contribution in [0, 0.1) is 0 Å². The number of unbranched alkanes of at least 4 members (excludes halogenated alkanes) is 1. The topological polar surface area (TPSA) is 214 Å². The van der Waals surface area contributed by atoms with Gasteiger partial charge in [0.05, 0.1) is 6.04 Å². The van der Waals surface area contributed by atoms with Gasteiger partial charge >= 0.3 is 11.9 Å². The fourth-order valence-corrected chi connectivity index (χ4v) is 3.19. The summed E-state index contributed by atoms with van der Waals surface area (Å²) in [5, 5.41) is 25.3. The number of aliphatic carboxylic acids is 2. The van der Waals surface area contributed by atoms with E-state index in [9.17, 15) is 24.0 Å². The van der Waals surface area contributed by atoms with Crippen molar-refractivity contribution in [1.82, 2.24) is 16.0 Å². The molecule has 0 saturated carbocycles. The van der Waals surface area contributed by atoms with Crippen LogP contribution < -0.4 is 27.4 Å². The molecular formula is C23H35N5O7. The minimum atomic E-state index is -1.31. The number of hydrogen-bond donors (Lipinski definition) is 7. The molecule has 4 unspecified atom stereocenters. The maximum atomic E-state index is 13.0. The minimum absolute atomic E-state index is 0.214. The van der Waals surface area contributed by atoms with Crippen LogP contribution in [0.3, 0.4) is 0 Å². The summed E-state index contributed by atoms with van der Waals surface area (Å²) in [6, 6.07) is 4.58. The van der Waals surface area contributed by atoms with Crippen LogP contribution in [0.15, 0.2) is 30.3 Å². The van der Waals surface area contributed by atoms with Crippen LogP contribution in [0.5, 0.6) is 0 Å². The predicted octanol–water partition coefficient (Wildman–Crippen LogP) is -0.891. The first-order valence-corrected chi connectivity index (χ1v) is 11.4. The summed E-state index contributed by atoms with van der Waals surface area (Å²) in [6.07, 6.45) is 0.855. The summed E-state index contributed by atoms with van der Waals surface area (Å²) < 4.78 is 0. The van der Waals surface area contributed by atoms with Gasteiger partial charge in [-0.05, 0) is 51.1 Å². The van der Waals surface area contributed by atoms with Crippen LogP contribution in [0.1, 0.15) is 44.6 Å². The van der Waals surface area contributed by atoms with Gasteiger partial charge in [-0.15, -0.1) is 0 Å². The lowest BCUT2D eigenvalue weighted by atomic mass is 10.0. The van der Waals surface area contributed by atoms with Crippen molar-refractivity contribution in [2.24, 2.45) is 11.5 Å². The Balaban J connectivity index is 2.93. The van der Waals surface area contributed by atoms with Gasteiger partial charge in [0, 0.05) is 6.42 Å². The molecule has 12 heteroatoms. The first kappa shape index (κ1) is 29.5. The molecule has 1 rings (SSSR count).